The average molecular weight is 275 g/mol. The van der Waals surface area contributed by atoms with Gasteiger partial charge in [0.05, 0.1) is 16.6 Å². The van der Waals surface area contributed by atoms with Crippen LogP contribution in [0.5, 0.6) is 0 Å². The summed E-state index contributed by atoms with van der Waals surface area (Å²) in [4.78, 5) is 9.76. The van der Waals surface area contributed by atoms with Gasteiger partial charge in [0.15, 0.2) is 0 Å². The number of aromatic nitrogens is 3. The van der Waals surface area contributed by atoms with Crippen molar-refractivity contribution in [1.29, 1.82) is 0 Å². The smallest absolute Gasteiger partial charge is 0.148 e. The standard InChI is InChI=1S/C18H17N3/c1-18(2,3)17-20-13-9-5-4-8-12(13)16-19-14-10-6-7-11-15(14)21(16)17/h4-11H,1-3H3. The monoisotopic (exact) mass is 275 g/mol. The minimum absolute atomic E-state index is 0.0498. The Morgan fingerprint density at radius 2 is 1.48 bits per heavy atom. The summed E-state index contributed by atoms with van der Waals surface area (Å²) in [6, 6.07) is 16.5. The summed E-state index contributed by atoms with van der Waals surface area (Å²) < 4.78 is 2.21. The van der Waals surface area contributed by atoms with E-state index in [0.29, 0.717) is 0 Å². The van der Waals surface area contributed by atoms with Crippen LogP contribution in [0.3, 0.4) is 0 Å². The van der Waals surface area contributed by atoms with Crippen molar-refractivity contribution in [1.82, 2.24) is 14.4 Å². The molecule has 0 N–H and O–H groups in total. The van der Waals surface area contributed by atoms with Crippen LogP contribution in [-0.2, 0) is 5.41 Å². The fraction of sp³-hybridized carbons (Fsp3) is 0.222. The number of nitrogens with zero attached hydrogens (tertiary/aromatic N) is 3. The Morgan fingerprint density at radius 1 is 0.810 bits per heavy atom. The Balaban J connectivity index is 2.34. The highest BCUT2D eigenvalue weighted by atomic mass is 15.1. The van der Waals surface area contributed by atoms with E-state index in [9.17, 15) is 0 Å². The molecule has 3 heteroatoms. The van der Waals surface area contributed by atoms with Crippen molar-refractivity contribution in [2.45, 2.75) is 26.2 Å². The van der Waals surface area contributed by atoms with E-state index in [1.54, 1.807) is 0 Å². The summed E-state index contributed by atoms with van der Waals surface area (Å²) >= 11 is 0. The van der Waals surface area contributed by atoms with Gasteiger partial charge in [-0.05, 0) is 24.3 Å². The molecule has 0 aliphatic rings. The number of benzene rings is 2. The maximum Gasteiger partial charge on any atom is 0.148 e. The first kappa shape index (κ1) is 12.3. The van der Waals surface area contributed by atoms with Crippen LogP contribution in [0.1, 0.15) is 26.6 Å². The molecule has 104 valence electrons. The Kier molecular flexibility index (Phi) is 2.37. The van der Waals surface area contributed by atoms with Crippen LogP contribution in [0, 0.1) is 0 Å². The number of para-hydroxylation sites is 3. The van der Waals surface area contributed by atoms with Gasteiger partial charge < -0.3 is 0 Å². The van der Waals surface area contributed by atoms with Crippen molar-refractivity contribution in [3.8, 4) is 0 Å². The molecule has 0 fully saturated rings. The Labute approximate surface area is 123 Å². The summed E-state index contributed by atoms with van der Waals surface area (Å²) in [7, 11) is 0. The first-order chi connectivity index (χ1) is 10.1. The highest BCUT2D eigenvalue weighted by molar-refractivity contribution is 5.96. The van der Waals surface area contributed by atoms with Crippen molar-refractivity contribution < 1.29 is 0 Å². The molecule has 4 rings (SSSR count). The van der Waals surface area contributed by atoms with Gasteiger partial charge in [-0.1, -0.05) is 45.0 Å². The molecule has 4 aromatic rings. The third-order valence-corrected chi connectivity index (χ3v) is 3.81. The second-order valence-corrected chi connectivity index (χ2v) is 6.46. The summed E-state index contributed by atoms with van der Waals surface area (Å²) in [5.74, 6) is 1.05. The van der Waals surface area contributed by atoms with Crippen LogP contribution < -0.4 is 0 Å². The number of rotatable bonds is 0. The molecule has 0 unspecified atom stereocenters. The van der Waals surface area contributed by atoms with Gasteiger partial charge in [-0.25, -0.2) is 9.97 Å². The van der Waals surface area contributed by atoms with Gasteiger partial charge in [0, 0.05) is 10.8 Å². The molecule has 0 bridgehead atoms. The summed E-state index contributed by atoms with van der Waals surface area (Å²) in [5.41, 5.74) is 4.08. The molecule has 0 radical (unpaired) electrons. The maximum atomic E-state index is 4.92. The lowest BCUT2D eigenvalue weighted by Crippen LogP contribution is -2.18. The van der Waals surface area contributed by atoms with Crippen LogP contribution in [0.15, 0.2) is 48.5 Å². The molecule has 2 aromatic carbocycles. The lowest BCUT2D eigenvalue weighted by molar-refractivity contribution is 0.542. The van der Waals surface area contributed by atoms with Gasteiger partial charge in [-0.2, -0.15) is 0 Å². The zero-order valence-electron chi connectivity index (χ0n) is 12.5. The second kappa shape index (κ2) is 4.04. The summed E-state index contributed by atoms with van der Waals surface area (Å²) in [5, 5.41) is 1.10. The molecule has 0 saturated carbocycles. The fourth-order valence-corrected chi connectivity index (χ4v) is 2.85. The van der Waals surface area contributed by atoms with Gasteiger partial charge in [0.25, 0.3) is 0 Å². The van der Waals surface area contributed by atoms with E-state index in [1.807, 2.05) is 18.2 Å². The maximum absolute atomic E-state index is 4.92. The Bertz CT molecular complexity index is 974. The summed E-state index contributed by atoms with van der Waals surface area (Å²) in [6.07, 6.45) is 0. The quantitative estimate of drug-likeness (QED) is 0.478. The number of fused-ring (bicyclic) bond motifs is 5. The molecule has 2 aromatic heterocycles. The Hall–Kier alpha value is -2.42. The first-order valence-corrected chi connectivity index (χ1v) is 7.22. The highest BCUT2D eigenvalue weighted by Crippen LogP contribution is 2.29. The Morgan fingerprint density at radius 3 is 2.24 bits per heavy atom. The largest absolute Gasteiger partial charge is 0.279 e. The molecule has 21 heavy (non-hydrogen) atoms. The lowest BCUT2D eigenvalue weighted by Gasteiger charge is -2.20. The highest BCUT2D eigenvalue weighted by Gasteiger charge is 2.22. The van der Waals surface area contributed by atoms with Gasteiger partial charge in [0.1, 0.15) is 11.5 Å². The van der Waals surface area contributed by atoms with E-state index in [0.717, 1.165) is 33.4 Å². The number of hydrogen-bond donors (Lipinski definition) is 0. The fourth-order valence-electron chi connectivity index (χ4n) is 2.85. The zero-order chi connectivity index (χ0) is 14.6. The third-order valence-electron chi connectivity index (χ3n) is 3.81. The van der Waals surface area contributed by atoms with Crippen molar-refractivity contribution in [3.63, 3.8) is 0 Å². The lowest BCUT2D eigenvalue weighted by atomic mass is 9.95. The second-order valence-electron chi connectivity index (χ2n) is 6.46. The van der Waals surface area contributed by atoms with Gasteiger partial charge in [-0.15, -0.1) is 0 Å². The SMILES string of the molecule is CC(C)(C)c1nc2ccccc2c2nc3ccccc3n12. The van der Waals surface area contributed by atoms with E-state index in [4.69, 9.17) is 9.97 Å². The van der Waals surface area contributed by atoms with Crippen LogP contribution in [-0.4, -0.2) is 14.4 Å². The molecule has 0 saturated heterocycles. The third kappa shape index (κ3) is 1.74. The van der Waals surface area contributed by atoms with Crippen LogP contribution in [0.4, 0.5) is 0 Å². The average Bonchev–Trinajstić information content (AvgIpc) is 2.85. The van der Waals surface area contributed by atoms with Crippen molar-refractivity contribution in [2.75, 3.05) is 0 Å². The van der Waals surface area contributed by atoms with Crippen molar-refractivity contribution >= 4 is 27.6 Å². The van der Waals surface area contributed by atoms with E-state index >= 15 is 0 Å². The molecule has 3 nitrogen and oxygen atoms in total. The normalized spacial score (nSPS) is 12.5. The topological polar surface area (TPSA) is 30.2 Å². The predicted octanol–water partition coefficient (Wildman–Crippen LogP) is 4.33. The summed E-state index contributed by atoms with van der Waals surface area (Å²) in [6.45, 7) is 6.58. The van der Waals surface area contributed by atoms with Gasteiger partial charge in [-0.3, -0.25) is 4.40 Å². The molecular weight excluding hydrogens is 258 g/mol. The van der Waals surface area contributed by atoms with Crippen molar-refractivity contribution in [3.05, 3.63) is 54.4 Å². The number of hydrogen-bond acceptors (Lipinski definition) is 2. The first-order valence-electron chi connectivity index (χ1n) is 7.22. The van der Waals surface area contributed by atoms with Crippen LogP contribution >= 0.6 is 0 Å². The van der Waals surface area contributed by atoms with E-state index in [2.05, 4.69) is 55.5 Å². The van der Waals surface area contributed by atoms with Gasteiger partial charge >= 0.3 is 0 Å². The molecule has 0 spiro atoms. The molecular formula is C18H17N3. The predicted molar refractivity (Wildman–Crippen MR) is 86.7 cm³/mol. The molecule has 0 aliphatic heterocycles. The minimum Gasteiger partial charge on any atom is -0.279 e. The van der Waals surface area contributed by atoms with E-state index in [-0.39, 0.29) is 5.41 Å². The zero-order valence-corrected chi connectivity index (χ0v) is 12.5. The van der Waals surface area contributed by atoms with Crippen LogP contribution in [0.25, 0.3) is 27.6 Å². The van der Waals surface area contributed by atoms with Crippen LogP contribution in [0.2, 0.25) is 0 Å². The van der Waals surface area contributed by atoms with E-state index in [1.165, 1.54) is 0 Å². The van der Waals surface area contributed by atoms with Crippen molar-refractivity contribution in [2.24, 2.45) is 0 Å². The minimum atomic E-state index is -0.0498. The van der Waals surface area contributed by atoms with Gasteiger partial charge in [0.2, 0.25) is 0 Å². The van der Waals surface area contributed by atoms with E-state index < -0.39 is 0 Å². The molecule has 0 aliphatic carbocycles. The number of imidazole rings is 1. The molecule has 0 atom stereocenters. The molecule has 2 heterocycles. The molecule has 0 amide bonds.